The van der Waals surface area contributed by atoms with Crippen LogP contribution in [0.25, 0.3) is 0 Å². The summed E-state index contributed by atoms with van der Waals surface area (Å²) in [5.41, 5.74) is 1.03. The van der Waals surface area contributed by atoms with Gasteiger partial charge in [0.15, 0.2) is 0 Å². The normalized spacial score (nSPS) is 11.1. The van der Waals surface area contributed by atoms with E-state index in [0.717, 1.165) is 4.31 Å². The molecule has 3 rings (SSSR count). The molecule has 0 aliphatic heterocycles. The lowest BCUT2D eigenvalue weighted by Crippen LogP contribution is -2.27. The summed E-state index contributed by atoms with van der Waals surface area (Å²) in [5.74, 6) is -0.0147. The Morgan fingerprint density at radius 2 is 1.67 bits per heavy atom. The Balaban J connectivity index is 1.83. The fourth-order valence-corrected chi connectivity index (χ4v) is 4.29. The van der Waals surface area contributed by atoms with Crippen LogP contribution in [-0.4, -0.2) is 28.5 Å². The minimum atomic E-state index is -3.86. The van der Waals surface area contributed by atoms with Crippen LogP contribution >= 0.6 is 23.2 Å². The van der Waals surface area contributed by atoms with Crippen molar-refractivity contribution < 1.29 is 17.9 Å². The van der Waals surface area contributed by atoms with E-state index in [0.29, 0.717) is 27.2 Å². The third-order valence-electron chi connectivity index (χ3n) is 4.38. The first-order chi connectivity index (χ1) is 14.2. The van der Waals surface area contributed by atoms with Crippen LogP contribution in [0.2, 0.25) is 10.0 Å². The topological polar surface area (TPSA) is 75.7 Å². The second-order valence-corrected chi connectivity index (χ2v) is 9.06. The molecule has 0 saturated carbocycles. The third kappa shape index (κ3) is 4.53. The van der Waals surface area contributed by atoms with Gasteiger partial charge in [-0.15, -0.1) is 0 Å². The number of rotatable bonds is 6. The maximum atomic E-state index is 13.0. The van der Waals surface area contributed by atoms with E-state index in [4.69, 9.17) is 27.9 Å². The molecular formula is C21H18Cl2N2O4S. The van der Waals surface area contributed by atoms with Crippen LogP contribution in [0, 0.1) is 0 Å². The summed E-state index contributed by atoms with van der Waals surface area (Å²) >= 11 is 12.0. The van der Waals surface area contributed by atoms with Crippen LogP contribution in [0.1, 0.15) is 10.4 Å². The van der Waals surface area contributed by atoms with Crippen molar-refractivity contribution in [1.29, 1.82) is 0 Å². The molecule has 0 aromatic heterocycles. The van der Waals surface area contributed by atoms with Crippen molar-refractivity contribution in [1.82, 2.24) is 0 Å². The van der Waals surface area contributed by atoms with Crippen molar-refractivity contribution in [2.45, 2.75) is 4.90 Å². The first-order valence-electron chi connectivity index (χ1n) is 8.72. The summed E-state index contributed by atoms with van der Waals surface area (Å²) in [7, 11) is -0.945. The van der Waals surface area contributed by atoms with Crippen molar-refractivity contribution in [2.24, 2.45) is 0 Å². The van der Waals surface area contributed by atoms with Gasteiger partial charge in [-0.05, 0) is 54.6 Å². The number of hydrogen-bond donors (Lipinski definition) is 1. The van der Waals surface area contributed by atoms with Crippen LogP contribution < -0.4 is 14.4 Å². The predicted octanol–water partition coefficient (Wildman–Crippen LogP) is 5.08. The summed E-state index contributed by atoms with van der Waals surface area (Å²) in [6, 6.07) is 17.1. The Morgan fingerprint density at radius 1 is 1.00 bits per heavy atom. The lowest BCUT2D eigenvalue weighted by Gasteiger charge is -2.21. The molecule has 0 bridgehead atoms. The number of methoxy groups -OCH3 is 1. The molecule has 0 spiro atoms. The first kappa shape index (κ1) is 22.0. The first-order valence-corrected chi connectivity index (χ1v) is 10.9. The molecule has 3 aromatic rings. The summed E-state index contributed by atoms with van der Waals surface area (Å²) in [6.45, 7) is 0. The highest BCUT2D eigenvalue weighted by Crippen LogP contribution is 2.31. The Morgan fingerprint density at radius 3 is 2.33 bits per heavy atom. The number of amides is 1. The average molecular weight is 465 g/mol. The van der Waals surface area contributed by atoms with Gasteiger partial charge >= 0.3 is 0 Å². The minimum absolute atomic E-state index is 0.0354. The van der Waals surface area contributed by atoms with E-state index in [-0.39, 0.29) is 10.5 Å². The smallest absolute Gasteiger partial charge is 0.264 e. The zero-order chi connectivity index (χ0) is 21.9. The van der Waals surface area contributed by atoms with Gasteiger partial charge in [-0.25, -0.2) is 8.42 Å². The molecule has 6 nitrogen and oxygen atoms in total. The van der Waals surface area contributed by atoms with Crippen molar-refractivity contribution in [3.05, 3.63) is 82.3 Å². The molecule has 156 valence electrons. The fourth-order valence-electron chi connectivity index (χ4n) is 2.74. The Bertz CT molecular complexity index is 1180. The summed E-state index contributed by atoms with van der Waals surface area (Å²) in [6.07, 6.45) is 0. The average Bonchev–Trinajstić information content (AvgIpc) is 2.75. The summed E-state index contributed by atoms with van der Waals surface area (Å²) in [5, 5.41) is 3.42. The largest absolute Gasteiger partial charge is 0.495 e. The standard InChI is InChI=1S/C21H18Cl2N2O4S/c1-25(19-5-3-4-6-20(19)29-2)30(27,28)16-10-7-14(8-11-16)21(26)24-18-13-15(22)9-12-17(18)23/h3-13H,1-2H3,(H,24,26). The number of halogens is 2. The van der Waals surface area contributed by atoms with Gasteiger partial charge in [-0.3, -0.25) is 9.10 Å². The lowest BCUT2D eigenvalue weighted by atomic mass is 10.2. The highest BCUT2D eigenvalue weighted by Gasteiger charge is 2.24. The van der Waals surface area contributed by atoms with Crippen LogP contribution in [-0.2, 0) is 10.0 Å². The van der Waals surface area contributed by atoms with E-state index in [9.17, 15) is 13.2 Å². The van der Waals surface area contributed by atoms with Gasteiger partial charge < -0.3 is 10.1 Å². The van der Waals surface area contributed by atoms with Gasteiger partial charge in [0.25, 0.3) is 15.9 Å². The molecule has 0 aliphatic rings. The number of para-hydroxylation sites is 2. The number of ether oxygens (including phenoxy) is 1. The molecule has 1 N–H and O–H groups in total. The van der Waals surface area contributed by atoms with Gasteiger partial charge in [0.05, 0.1) is 28.4 Å². The fraction of sp³-hybridized carbons (Fsp3) is 0.0952. The molecule has 9 heteroatoms. The van der Waals surface area contributed by atoms with Crippen LogP contribution in [0.15, 0.2) is 71.6 Å². The third-order valence-corrected chi connectivity index (χ3v) is 6.73. The van der Waals surface area contributed by atoms with E-state index in [1.165, 1.54) is 44.5 Å². The molecule has 0 radical (unpaired) electrons. The van der Waals surface area contributed by atoms with E-state index < -0.39 is 15.9 Å². The Kier molecular flexibility index (Phi) is 6.55. The number of carbonyl (C=O) groups is 1. The van der Waals surface area contributed by atoms with E-state index >= 15 is 0 Å². The second kappa shape index (κ2) is 8.95. The van der Waals surface area contributed by atoms with Crippen LogP contribution in [0.4, 0.5) is 11.4 Å². The number of nitrogens with zero attached hydrogens (tertiary/aromatic N) is 1. The number of sulfonamides is 1. The number of anilines is 2. The molecule has 0 aliphatic carbocycles. The number of hydrogen-bond acceptors (Lipinski definition) is 4. The lowest BCUT2D eigenvalue weighted by molar-refractivity contribution is 0.102. The van der Waals surface area contributed by atoms with E-state index in [1.54, 1.807) is 36.4 Å². The van der Waals surface area contributed by atoms with Crippen molar-refractivity contribution in [2.75, 3.05) is 23.8 Å². The van der Waals surface area contributed by atoms with Crippen LogP contribution in [0.3, 0.4) is 0 Å². The molecule has 0 unspecified atom stereocenters. The SMILES string of the molecule is COc1ccccc1N(C)S(=O)(=O)c1ccc(C(=O)Nc2cc(Cl)ccc2Cl)cc1. The van der Waals surface area contributed by atoms with E-state index in [1.807, 2.05) is 0 Å². The minimum Gasteiger partial charge on any atom is -0.495 e. The van der Waals surface area contributed by atoms with Gasteiger partial charge in [-0.1, -0.05) is 35.3 Å². The highest BCUT2D eigenvalue weighted by molar-refractivity contribution is 7.92. The van der Waals surface area contributed by atoms with E-state index in [2.05, 4.69) is 5.32 Å². The van der Waals surface area contributed by atoms with Gasteiger partial charge in [0.1, 0.15) is 5.75 Å². The molecule has 0 heterocycles. The van der Waals surface area contributed by atoms with Crippen LogP contribution in [0.5, 0.6) is 5.75 Å². The molecule has 0 saturated heterocycles. The molecule has 3 aromatic carbocycles. The van der Waals surface area contributed by atoms with Gasteiger partial charge in [0, 0.05) is 17.6 Å². The zero-order valence-corrected chi connectivity index (χ0v) is 18.4. The number of benzene rings is 3. The highest BCUT2D eigenvalue weighted by atomic mass is 35.5. The molecule has 0 atom stereocenters. The second-order valence-electron chi connectivity index (χ2n) is 6.25. The Labute approximate surface area is 185 Å². The molecular weight excluding hydrogens is 447 g/mol. The molecule has 0 fully saturated rings. The van der Waals surface area contributed by atoms with Crippen molar-refractivity contribution in [3.63, 3.8) is 0 Å². The summed E-state index contributed by atoms with van der Waals surface area (Å²) in [4.78, 5) is 12.5. The molecule has 30 heavy (non-hydrogen) atoms. The van der Waals surface area contributed by atoms with Gasteiger partial charge in [-0.2, -0.15) is 0 Å². The number of carbonyl (C=O) groups excluding carboxylic acids is 1. The molecule has 1 amide bonds. The number of nitrogens with one attached hydrogen (secondary N) is 1. The monoisotopic (exact) mass is 464 g/mol. The maximum Gasteiger partial charge on any atom is 0.264 e. The quantitative estimate of drug-likeness (QED) is 0.551. The Hall–Kier alpha value is -2.74. The van der Waals surface area contributed by atoms with Gasteiger partial charge in [0.2, 0.25) is 0 Å². The zero-order valence-electron chi connectivity index (χ0n) is 16.1. The summed E-state index contributed by atoms with van der Waals surface area (Å²) < 4.78 is 32.4. The maximum absolute atomic E-state index is 13.0. The predicted molar refractivity (Wildman–Crippen MR) is 119 cm³/mol. The van der Waals surface area contributed by atoms with Crippen molar-refractivity contribution in [3.8, 4) is 5.75 Å². The van der Waals surface area contributed by atoms with Crippen molar-refractivity contribution >= 4 is 50.5 Å².